The molecule has 5 nitrogen and oxygen atoms in total. The van der Waals surface area contributed by atoms with E-state index in [0.717, 1.165) is 21.4 Å². The van der Waals surface area contributed by atoms with Crippen LogP contribution in [-0.4, -0.2) is 36.8 Å². The highest BCUT2D eigenvalue weighted by Gasteiger charge is 2.36. The minimum absolute atomic E-state index is 0.0164. The van der Waals surface area contributed by atoms with Crippen molar-refractivity contribution in [1.82, 2.24) is 4.90 Å². The average molecular weight is 404 g/mol. The molecule has 1 aliphatic rings. The molecule has 1 amide bonds. The Bertz CT molecular complexity index is 1100. The number of rotatable bonds is 4. The van der Waals surface area contributed by atoms with Crippen molar-refractivity contribution in [3.8, 4) is 0 Å². The van der Waals surface area contributed by atoms with Crippen molar-refractivity contribution in [3.63, 3.8) is 0 Å². The maximum absolute atomic E-state index is 13.4. The molecular weight excluding hydrogens is 382 g/mol. The molecule has 0 radical (unpaired) electrons. The van der Waals surface area contributed by atoms with E-state index in [1.165, 1.54) is 0 Å². The van der Waals surface area contributed by atoms with Crippen LogP contribution in [0.1, 0.15) is 33.0 Å². The summed E-state index contributed by atoms with van der Waals surface area (Å²) in [4.78, 5) is 16.1. The molecule has 0 bridgehead atoms. The van der Waals surface area contributed by atoms with Gasteiger partial charge in [0.1, 0.15) is 5.58 Å². The summed E-state index contributed by atoms with van der Waals surface area (Å²) < 4.78 is 29.9. The maximum atomic E-state index is 13.4. The Labute approximate surface area is 162 Å². The van der Waals surface area contributed by atoms with Gasteiger partial charge in [-0.2, -0.15) is 0 Å². The van der Waals surface area contributed by atoms with Gasteiger partial charge >= 0.3 is 0 Å². The van der Waals surface area contributed by atoms with Crippen molar-refractivity contribution >= 4 is 38.1 Å². The predicted octanol–water partition coefficient (Wildman–Crippen LogP) is 3.94. The van der Waals surface area contributed by atoms with Gasteiger partial charge in [0.2, 0.25) is 0 Å². The number of sulfone groups is 1. The van der Waals surface area contributed by atoms with Gasteiger partial charge in [-0.1, -0.05) is 17.7 Å². The molecule has 1 aliphatic heterocycles. The molecule has 1 unspecified atom stereocenters. The number of furan rings is 1. The Hall–Kier alpha value is -2.12. The zero-order chi connectivity index (χ0) is 19.2. The lowest BCUT2D eigenvalue weighted by Crippen LogP contribution is -2.40. The lowest BCUT2D eigenvalue weighted by Gasteiger charge is -2.27. The summed E-state index contributed by atoms with van der Waals surface area (Å²) in [5.74, 6) is 0.209. The minimum Gasteiger partial charge on any atom is -0.451 e. The van der Waals surface area contributed by atoms with Crippen LogP contribution in [0, 0.1) is 13.8 Å². The Morgan fingerprint density at radius 2 is 2.11 bits per heavy atom. The van der Waals surface area contributed by atoms with Crippen molar-refractivity contribution in [2.75, 3.05) is 11.5 Å². The van der Waals surface area contributed by atoms with Crippen LogP contribution in [0.5, 0.6) is 0 Å². The number of carbonyl (C=O) groups excluding carboxylic acids is 1. The van der Waals surface area contributed by atoms with E-state index < -0.39 is 9.84 Å². The molecule has 3 heterocycles. The fraction of sp³-hybridized carbons (Fsp3) is 0.350. The van der Waals surface area contributed by atoms with Crippen molar-refractivity contribution < 1.29 is 17.6 Å². The Morgan fingerprint density at radius 3 is 2.78 bits per heavy atom. The Kier molecular flexibility index (Phi) is 4.60. The zero-order valence-corrected chi connectivity index (χ0v) is 16.9. The number of fused-ring (bicyclic) bond motifs is 1. The van der Waals surface area contributed by atoms with Crippen LogP contribution >= 0.6 is 11.3 Å². The summed E-state index contributed by atoms with van der Waals surface area (Å²) in [5.41, 5.74) is 2.58. The van der Waals surface area contributed by atoms with Crippen molar-refractivity contribution in [2.45, 2.75) is 32.9 Å². The highest BCUT2D eigenvalue weighted by molar-refractivity contribution is 7.91. The van der Waals surface area contributed by atoms with Crippen LogP contribution in [0.3, 0.4) is 0 Å². The molecule has 2 aromatic heterocycles. The molecule has 0 saturated carbocycles. The van der Waals surface area contributed by atoms with Gasteiger partial charge in [-0.05, 0) is 43.8 Å². The summed E-state index contributed by atoms with van der Waals surface area (Å²) in [5, 5.41) is 2.88. The molecule has 1 saturated heterocycles. The van der Waals surface area contributed by atoms with E-state index in [1.807, 2.05) is 49.6 Å². The summed E-state index contributed by atoms with van der Waals surface area (Å²) in [6.45, 7) is 4.28. The summed E-state index contributed by atoms with van der Waals surface area (Å²) in [6.07, 6.45) is 0.470. The number of hydrogen-bond acceptors (Lipinski definition) is 5. The predicted molar refractivity (Wildman–Crippen MR) is 107 cm³/mol. The summed E-state index contributed by atoms with van der Waals surface area (Å²) in [7, 11) is -3.10. The number of carbonyl (C=O) groups is 1. The number of aryl methyl sites for hydroxylation is 2. The third-order valence-corrected chi connectivity index (χ3v) is 7.71. The molecule has 1 fully saturated rings. The van der Waals surface area contributed by atoms with Crippen LogP contribution in [0.15, 0.2) is 40.1 Å². The van der Waals surface area contributed by atoms with E-state index >= 15 is 0 Å². The smallest absolute Gasteiger partial charge is 0.290 e. The van der Waals surface area contributed by atoms with Gasteiger partial charge in [0, 0.05) is 21.9 Å². The van der Waals surface area contributed by atoms with Crippen LogP contribution in [0.2, 0.25) is 0 Å². The summed E-state index contributed by atoms with van der Waals surface area (Å²) >= 11 is 1.56. The van der Waals surface area contributed by atoms with Gasteiger partial charge in [0.25, 0.3) is 5.91 Å². The number of thiophene rings is 1. The van der Waals surface area contributed by atoms with Gasteiger partial charge in [-0.25, -0.2) is 8.42 Å². The Morgan fingerprint density at radius 1 is 1.30 bits per heavy atom. The van der Waals surface area contributed by atoms with Gasteiger partial charge in [0.15, 0.2) is 15.6 Å². The van der Waals surface area contributed by atoms with E-state index in [4.69, 9.17) is 4.42 Å². The van der Waals surface area contributed by atoms with Crippen molar-refractivity contribution in [3.05, 3.63) is 57.5 Å². The van der Waals surface area contributed by atoms with E-state index in [-0.39, 0.29) is 23.5 Å². The first-order valence-electron chi connectivity index (χ1n) is 8.87. The highest BCUT2D eigenvalue weighted by atomic mass is 32.2. The normalized spacial score (nSPS) is 18.8. The largest absolute Gasteiger partial charge is 0.451 e. The second-order valence-corrected chi connectivity index (χ2v) is 10.4. The fourth-order valence-electron chi connectivity index (χ4n) is 3.63. The first-order valence-corrected chi connectivity index (χ1v) is 11.6. The molecule has 0 aliphatic carbocycles. The molecule has 1 atom stereocenters. The molecule has 142 valence electrons. The lowest BCUT2D eigenvalue weighted by molar-refractivity contribution is 0.0651. The Balaban J connectivity index is 1.73. The average Bonchev–Trinajstić information content (AvgIpc) is 3.33. The maximum Gasteiger partial charge on any atom is 0.290 e. The van der Waals surface area contributed by atoms with Crippen LogP contribution in [0.25, 0.3) is 11.0 Å². The molecule has 7 heteroatoms. The number of nitrogens with zero attached hydrogens (tertiary/aromatic N) is 1. The second-order valence-electron chi connectivity index (χ2n) is 7.13. The molecule has 0 spiro atoms. The third kappa shape index (κ3) is 3.53. The minimum atomic E-state index is -3.10. The number of benzene rings is 1. The molecule has 27 heavy (non-hydrogen) atoms. The first kappa shape index (κ1) is 18.3. The fourth-order valence-corrected chi connectivity index (χ4v) is 6.06. The standard InChI is InChI=1S/C20H21NO4S2/c1-13-5-6-18-17(10-13)14(2)19(25-18)20(22)21(11-16-4-3-8-26-16)15-7-9-27(23,24)12-15/h3-6,8,10,15H,7,9,11-12H2,1-2H3. The topological polar surface area (TPSA) is 67.6 Å². The highest BCUT2D eigenvalue weighted by Crippen LogP contribution is 2.30. The van der Waals surface area contributed by atoms with E-state index in [9.17, 15) is 13.2 Å². The molecule has 0 N–H and O–H groups in total. The first-order chi connectivity index (χ1) is 12.8. The second kappa shape index (κ2) is 6.80. The lowest BCUT2D eigenvalue weighted by atomic mass is 10.1. The monoisotopic (exact) mass is 403 g/mol. The van der Waals surface area contributed by atoms with Gasteiger partial charge in [-0.15, -0.1) is 11.3 Å². The molecule has 1 aromatic carbocycles. The van der Waals surface area contributed by atoms with Crippen molar-refractivity contribution in [2.24, 2.45) is 0 Å². The van der Waals surface area contributed by atoms with E-state index in [2.05, 4.69) is 0 Å². The number of hydrogen-bond donors (Lipinski definition) is 0. The number of amides is 1. The quantitative estimate of drug-likeness (QED) is 0.662. The van der Waals surface area contributed by atoms with Crippen LogP contribution in [0.4, 0.5) is 0 Å². The van der Waals surface area contributed by atoms with Crippen molar-refractivity contribution in [1.29, 1.82) is 0 Å². The molecule has 4 rings (SSSR count). The van der Waals surface area contributed by atoms with Crippen LogP contribution in [-0.2, 0) is 16.4 Å². The van der Waals surface area contributed by atoms with E-state index in [1.54, 1.807) is 16.2 Å². The summed E-state index contributed by atoms with van der Waals surface area (Å²) in [6, 6.07) is 9.41. The van der Waals surface area contributed by atoms with Crippen LogP contribution < -0.4 is 0 Å². The molecular formula is C20H21NO4S2. The van der Waals surface area contributed by atoms with Gasteiger partial charge in [0.05, 0.1) is 18.1 Å². The third-order valence-electron chi connectivity index (χ3n) is 5.10. The zero-order valence-electron chi connectivity index (χ0n) is 15.3. The molecule has 3 aromatic rings. The van der Waals surface area contributed by atoms with Gasteiger partial charge < -0.3 is 9.32 Å². The van der Waals surface area contributed by atoms with E-state index in [0.29, 0.717) is 24.3 Å². The van der Waals surface area contributed by atoms with Gasteiger partial charge in [-0.3, -0.25) is 4.79 Å². The SMILES string of the molecule is Cc1ccc2oc(C(=O)N(Cc3cccs3)C3CCS(=O)(=O)C3)c(C)c2c1.